The number of halogens is 1. The van der Waals surface area contributed by atoms with Crippen LogP contribution in [-0.2, 0) is 11.3 Å². The van der Waals surface area contributed by atoms with Crippen LogP contribution in [0.4, 0.5) is 0 Å². The predicted molar refractivity (Wildman–Crippen MR) is 101 cm³/mol. The van der Waals surface area contributed by atoms with Gasteiger partial charge in [0.15, 0.2) is 5.96 Å². The largest absolute Gasteiger partial charge is 0.354 e. The normalized spacial score (nSPS) is 14.3. The molecule has 8 heteroatoms. The smallest absolute Gasteiger partial charge is 0.243 e. The summed E-state index contributed by atoms with van der Waals surface area (Å²) < 4.78 is 0. The number of aromatic nitrogens is 1. The predicted octanol–water partition coefficient (Wildman–Crippen LogP) is 1.66. The van der Waals surface area contributed by atoms with Crippen molar-refractivity contribution in [1.82, 2.24) is 20.5 Å². The zero-order valence-electron chi connectivity index (χ0n) is 13.5. The molecule has 0 saturated heterocycles. The number of nitrogens with zero attached hydrogens (tertiary/aromatic N) is 3. The fourth-order valence-corrected chi connectivity index (χ4v) is 2.64. The summed E-state index contributed by atoms with van der Waals surface area (Å²) in [6.45, 7) is 4.87. The summed E-state index contributed by atoms with van der Waals surface area (Å²) in [5.74, 6) is 0.704. The Hall–Kier alpha value is -0.900. The number of aliphatic imine (C=N–C) groups is 1. The summed E-state index contributed by atoms with van der Waals surface area (Å²) >= 11 is 1.69. The molecule has 1 fully saturated rings. The fraction of sp³-hybridized carbons (Fsp3) is 0.643. The van der Waals surface area contributed by atoms with E-state index in [4.69, 9.17) is 0 Å². The van der Waals surface area contributed by atoms with Crippen molar-refractivity contribution in [2.75, 3.05) is 20.6 Å². The highest BCUT2D eigenvalue weighted by atomic mass is 127. The van der Waals surface area contributed by atoms with E-state index in [2.05, 4.69) is 20.6 Å². The number of carbonyl (C=O) groups is 1. The van der Waals surface area contributed by atoms with Gasteiger partial charge in [-0.15, -0.1) is 35.3 Å². The maximum absolute atomic E-state index is 11.6. The first-order valence-corrected chi connectivity index (χ1v) is 7.95. The average Bonchev–Trinajstić information content (AvgIpc) is 3.17. The maximum Gasteiger partial charge on any atom is 0.243 e. The Morgan fingerprint density at radius 1 is 1.41 bits per heavy atom. The number of amides is 1. The average molecular weight is 437 g/mol. The molecular weight excluding hydrogens is 413 g/mol. The Labute approximate surface area is 152 Å². The van der Waals surface area contributed by atoms with Crippen molar-refractivity contribution < 1.29 is 4.79 Å². The zero-order chi connectivity index (χ0) is 15.4. The van der Waals surface area contributed by atoms with E-state index in [0.29, 0.717) is 18.5 Å². The van der Waals surface area contributed by atoms with Crippen LogP contribution in [-0.4, -0.2) is 48.4 Å². The third kappa shape index (κ3) is 6.07. The minimum absolute atomic E-state index is 0. The number of likely N-dealkylation sites (N-methyl/N-ethyl adjacent to an activating group) is 1. The molecule has 2 N–H and O–H groups in total. The van der Waals surface area contributed by atoms with Gasteiger partial charge in [0.25, 0.3) is 0 Å². The second-order valence-electron chi connectivity index (χ2n) is 5.47. The van der Waals surface area contributed by atoms with Crippen LogP contribution in [0.15, 0.2) is 4.99 Å². The topological polar surface area (TPSA) is 69.6 Å². The van der Waals surface area contributed by atoms with E-state index in [1.165, 1.54) is 17.7 Å². The lowest BCUT2D eigenvalue weighted by atomic mass is 10.4. The Morgan fingerprint density at radius 2 is 2.09 bits per heavy atom. The van der Waals surface area contributed by atoms with Crippen molar-refractivity contribution in [3.05, 3.63) is 15.6 Å². The molecule has 0 radical (unpaired) electrons. The molecule has 0 unspecified atom stereocenters. The van der Waals surface area contributed by atoms with E-state index in [1.54, 1.807) is 30.3 Å². The number of rotatable bonds is 5. The molecule has 1 heterocycles. The van der Waals surface area contributed by atoms with Gasteiger partial charge in [-0.3, -0.25) is 4.79 Å². The number of guanidine groups is 1. The fourth-order valence-electron chi connectivity index (χ4n) is 1.76. The second kappa shape index (κ2) is 8.66. The molecule has 0 atom stereocenters. The first kappa shape index (κ1) is 19.1. The molecule has 1 saturated carbocycles. The first-order chi connectivity index (χ1) is 9.95. The lowest BCUT2D eigenvalue weighted by molar-refractivity contribution is -0.127. The summed E-state index contributed by atoms with van der Waals surface area (Å²) in [5.41, 5.74) is 1.06. The molecule has 22 heavy (non-hydrogen) atoms. The minimum Gasteiger partial charge on any atom is -0.354 e. The molecule has 124 valence electrons. The number of aryl methyl sites for hydroxylation is 2. The van der Waals surface area contributed by atoms with Crippen LogP contribution in [0.5, 0.6) is 0 Å². The van der Waals surface area contributed by atoms with Crippen LogP contribution in [0, 0.1) is 13.8 Å². The Bertz CT molecular complexity index is 539. The summed E-state index contributed by atoms with van der Waals surface area (Å²) in [7, 11) is 3.48. The highest BCUT2D eigenvalue weighted by Crippen LogP contribution is 2.19. The molecule has 1 aliphatic carbocycles. The third-order valence-corrected chi connectivity index (χ3v) is 4.28. The third-order valence-electron chi connectivity index (χ3n) is 3.21. The van der Waals surface area contributed by atoms with Gasteiger partial charge >= 0.3 is 0 Å². The van der Waals surface area contributed by atoms with Gasteiger partial charge in [-0.1, -0.05) is 0 Å². The van der Waals surface area contributed by atoms with Crippen molar-refractivity contribution >= 4 is 47.2 Å². The van der Waals surface area contributed by atoms with E-state index in [0.717, 1.165) is 10.7 Å². The SMILES string of the molecule is Cc1nc(C)c(CNC(=NCC(=O)N(C)C)NC2CC2)s1.I. The van der Waals surface area contributed by atoms with Crippen LogP contribution in [0.2, 0.25) is 0 Å². The molecular formula is C14H24IN5OS. The van der Waals surface area contributed by atoms with Crippen molar-refractivity contribution in [3.63, 3.8) is 0 Å². The minimum atomic E-state index is -0.00304. The Balaban J connectivity index is 0.00000242. The van der Waals surface area contributed by atoms with Crippen LogP contribution in [0.1, 0.15) is 28.4 Å². The van der Waals surface area contributed by atoms with Gasteiger partial charge in [-0.2, -0.15) is 0 Å². The van der Waals surface area contributed by atoms with E-state index in [1.807, 2.05) is 13.8 Å². The highest BCUT2D eigenvalue weighted by molar-refractivity contribution is 14.0. The maximum atomic E-state index is 11.6. The standard InChI is InChI=1S/C14H23N5OS.HI/c1-9-12(21-10(2)17-9)7-15-14(18-11-5-6-11)16-8-13(20)19(3)4;/h11H,5-8H2,1-4H3,(H2,15,16,18);1H. The van der Waals surface area contributed by atoms with Crippen molar-refractivity contribution in [2.24, 2.45) is 4.99 Å². The molecule has 0 spiro atoms. The van der Waals surface area contributed by atoms with Crippen LogP contribution in [0.25, 0.3) is 0 Å². The molecule has 1 aromatic rings. The number of nitrogens with one attached hydrogen (secondary N) is 2. The van der Waals surface area contributed by atoms with Gasteiger partial charge in [-0.05, 0) is 26.7 Å². The van der Waals surface area contributed by atoms with E-state index >= 15 is 0 Å². The number of hydrogen-bond donors (Lipinski definition) is 2. The van der Waals surface area contributed by atoms with E-state index < -0.39 is 0 Å². The molecule has 1 amide bonds. The quantitative estimate of drug-likeness (QED) is 0.418. The molecule has 0 aliphatic heterocycles. The molecule has 6 nitrogen and oxygen atoms in total. The summed E-state index contributed by atoms with van der Waals surface area (Å²) in [6.07, 6.45) is 2.34. The van der Waals surface area contributed by atoms with Crippen LogP contribution < -0.4 is 10.6 Å². The Morgan fingerprint density at radius 3 is 2.59 bits per heavy atom. The zero-order valence-corrected chi connectivity index (χ0v) is 16.6. The molecule has 0 aromatic carbocycles. The summed E-state index contributed by atoms with van der Waals surface area (Å²) in [5, 5.41) is 7.70. The highest BCUT2D eigenvalue weighted by Gasteiger charge is 2.22. The van der Waals surface area contributed by atoms with Gasteiger partial charge in [0.05, 0.1) is 17.2 Å². The number of hydrogen-bond acceptors (Lipinski definition) is 4. The van der Waals surface area contributed by atoms with Gasteiger partial charge in [0, 0.05) is 25.0 Å². The van der Waals surface area contributed by atoms with Gasteiger partial charge < -0.3 is 15.5 Å². The van der Waals surface area contributed by atoms with Crippen molar-refractivity contribution in [3.8, 4) is 0 Å². The van der Waals surface area contributed by atoms with E-state index in [-0.39, 0.29) is 36.4 Å². The van der Waals surface area contributed by atoms with Crippen molar-refractivity contribution in [2.45, 2.75) is 39.3 Å². The van der Waals surface area contributed by atoms with Crippen LogP contribution >= 0.6 is 35.3 Å². The summed E-state index contributed by atoms with van der Waals surface area (Å²) in [4.78, 5) is 23.2. The molecule has 0 bridgehead atoms. The second-order valence-corrected chi connectivity index (χ2v) is 6.75. The molecule has 1 aromatic heterocycles. The lowest BCUT2D eigenvalue weighted by Gasteiger charge is -2.13. The molecule has 1 aliphatic rings. The Kier molecular flexibility index (Phi) is 7.54. The lowest BCUT2D eigenvalue weighted by Crippen LogP contribution is -2.39. The summed E-state index contributed by atoms with van der Waals surface area (Å²) in [6, 6.07) is 0.495. The van der Waals surface area contributed by atoms with Crippen molar-refractivity contribution in [1.29, 1.82) is 0 Å². The number of carbonyl (C=O) groups excluding carboxylic acids is 1. The van der Waals surface area contributed by atoms with Gasteiger partial charge in [0.2, 0.25) is 5.91 Å². The molecule has 2 rings (SSSR count). The van der Waals surface area contributed by atoms with E-state index in [9.17, 15) is 4.79 Å². The van der Waals surface area contributed by atoms with Gasteiger partial charge in [-0.25, -0.2) is 9.98 Å². The number of thiazole rings is 1. The first-order valence-electron chi connectivity index (χ1n) is 7.13. The van der Waals surface area contributed by atoms with Crippen LogP contribution in [0.3, 0.4) is 0 Å². The van der Waals surface area contributed by atoms with Gasteiger partial charge in [0.1, 0.15) is 6.54 Å². The monoisotopic (exact) mass is 437 g/mol.